The van der Waals surface area contributed by atoms with Gasteiger partial charge < -0.3 is 4.90 Å². The normalized spacial score (nSPS) is 19.5. The number of anilines is 1. The van der Waals surface area contributed by atoms with E-state index in [1.54, 1.807) is 6.08 Å². The molecule has 1 aromatic carbocycles. The highest BCUT2D eigenvalue weighted by molar-refractivity contribution is 6.42. The molecule has 1 unspecified atom stereocenters. The second-order valence-corrected chi connectivity index (χ2v) is 6.35. The lowest BCUT2D eigenvalue weighted by molar-refractivity contribution is 0.824. The molecule has 0 bridgehead atoms. The molecule has 0 spiro atoms. The quantitative estimate of drug-likeness (QED) is 0.669. The Hall–Kier alpha value is -0.340. The summed E-state index contributed by atoms with van der Waals surface area (Å²) in [5, 5.41) is 2.52. The summed E-state index contributed by atoms with van der Waals surface area (Å²) >= 11 is 24.6. The Kier molecular flexibility index (Phi) is 4.73. The van der Waals surface area contributed by atoms with E-state index in [0.29, 0.717) is 26.5 Å². The highest BCUT2D eigenvalue weighted by Crippen LogP contribution is 2.42. The fraction of sp³-hybridized carbons (Fsp3) is 0.286. The maximum atomic E-state index is 6.28. The van der Waals surface area contributed by atoms with E-state index in [1.165, 1.54) is 0 Å². The second-order valence-electron chi connectivity index (χ2n) is 4.64. The fourth-order valence-electron chi connectivity index (χ4n) is 2.05. The summed E-state index contributed by atoms with van der Waals surface area (Å²) < 4.78 is 0. The first kappa shape index (κ1) is 15.1. The molecule has 1 nitrogen and oxygen atoms in total. The molecule has 1 aromatic rings. The van der Waals surface area contributed by atoms with Gasteiger partial charge in [-0.2, -0.15) is 0 Å². The van der Waals surface area contributed by atoms with Gasteiger partial charge in [0.25, 0.3) is 0 Å². The van der Waals surface area contributed by atoms with Gasteiger partial charge in [0.1, 0.15) is 0 Å². The Morgan fingerprint density at radius 3 is 2.37 bits per heavy atom. The van der Waals surface area contributed by atoms with Crippen LogP contribution in [0.2, 0.25) is 5.02 Å². The van der Waals surface area contributed by atoms with Gasteiger partial charge >= 0.3 is 0 Å². The van der Waals surface area contributed by atoms with Gasteiger partial charge in [-0.05, 0) is 30.2 Å². The summed E-state index contributed by atoms with van der Waals surface area (Å²) in [6.45, 7) is 0. The van der Waals surface area contributed by atoms with Gasteiger partial charge in [0.15, 0.2) is 0 Å². The van der Waals surface area contributed by atoms with Crippen molar-refractivity contribution in [2.45, 2.75) is 12.3 Å². The topological polar surface area (TPSA) is 3.24 Å². The van der Waals surface area contributed by atoms with Crippen LogP contribution < -0.4 is 4.90 Å². The second kappa shape index (κ2) is 5.97. The molecule has 0 amide bonds. The zero-order valence-corrected chi connectivity index (χ0v) is 13.6. The van der Waals surface area contributed by atoms with Gasteiger partial charge in [0.2, 0.25) is 0 Å². The zero-order chi connectivity index (χ0) is 14.2. The number of nitrogens with zero attached hydrogens (tertiary/aromatic N) is 1. The van der Waals surface area contributed by atoms with E-state index in [2.05, 4.69) is 0 Å². The van der Waals surface area contributed by atoms with Crippen molar-refractivity contribution >= 4 is 52.1 Å². The SMILES string of the molecule is CN(C)c1ccc(C2CC(Cl)=C(Cl)C=C2Cl)cc1Cl. The first-order chi connectivity index (χ1) is 8.90. The number of benzene rings is 1. The van der Waals surface area contributed by atoms with Crippen LogP contribution in [0.1, 0.15) is 17.9 Å². The average Bonchev–Trinajstić information content (AvgIpc) is 2.33. The summed E-state index contributed by atoms with van der Waals surface area (Å²) in [6, 6.07) is 5.93. The summed E-state index contributed by atoms with van der Waals surface area (Å²) in [5.41, 5.74) is 2.01. The lowest BCUT2D eigenvalue weighted by Gasteiger charge is -2.22. The van der Waals surface area contributed by atoms with Crippen LogP contribution in [0.5, 0.6) is 0 Å². The van der Waals surface area contributed by atoms with Crippen molar-refractivity contribution in [2.24, 2.45) is 0 Å². The largest absolute Gasteiger partial charge is 0.376 e. The first-order valence-electron chi connectivity index (χ1n) is 5.78. The van der Waals surface area contributed by atoms with Crippen molar-refractivity contribution in [2.75, 3.05) is 19.0 Å². The standard InChI is InChI=1S/C14H13Cl4N/c1-19(2)14-4-3-8(5-13(14)18)9-6-11(16)12(17)7-10(9)15/h3-5,7,9H,6H2,1-2H3. The molecule has 0 heterocycles. The molecular weight excluding hydrogens is 324 g/mol. The molecule has 0 N–H and O–H groups in total. The maximum Gasteiger partial charge on any atom is 0.0642 e. The molecule has 0 aromatic heterocycles. The van der Waals surface area contributed by atoms with Crippen LogP contribution in [-0.4, -0.2) is 14.1 Å². The molecule has 0 saturated heterocycles. The highest BCUT2D eigenvalue weighted by atomic mass is 35.5. The van der Waals surface area contributed by atoms with Crippen LogP contribution in [0.15, 0.2) is 39.4 Å². The van der Waals surface area contributed by atoms with Gasteiger partial charge in [-0.25, -0.2) is 0 Å². The van der Waals surface area contributed by atoms with Gasteiger partial charge in [0, 0.05) is 30.1 Å². The van der Waals surface area contributed by atoms with Gasteiger partial charge in [-0.3, -0.25) is 0 Å². The van der Waals surface area contributed by atoms with E-state index in [1.807, 2.05) is 37.2 Å². The van der Waals surface area contributed by atoms with Crippen molar-refractivity contribution in [3.8, 4) is 0 Å². The Bertz CT molecular complexity index is 561. The number of rotatable bonds is 2. The minimum absolute atomic E-state index is 0.0189. The number of allylic oxidation sites excluding steroid dienone is 4. The number of halogens is 4. The van der Waals surface area contributed by atoms with Crippen LogP contribution in [-0.2, 0) is 0 Å². The van der Waals surface area contributed by atoms with Gasteiger partial charge in [-0.1, -0.05) is 52.5 Å². The van der Waals surface area contributed by atoms with E-state index in [9.17, 15) is 0 Å². The van der Waals surface area contributed by atoms with Crippen LogP contribution in [0.3, 0.4) is 0 Å². The molecule has 0 radical (unpaired) electrons. The summed E-state index contributed by atoms with van der Waals surface area (Å²) in [4.78, 5) is 1.97. The first-order valence-corrected chi connectivity index (χ1v) is 7.29. The third kappa shape index (κ3) is 3.22. The lowest BCUT2D eigenvalue weighted by atomic mass is 9.92. The molecule has 0 saturated carbocycles. The summed E-state index contributed by atoms with van der Waals surface area (Å²) in [6.07, 6.45) is 2.31. The summed E-state index contributed by atoms with van der Waals surface area (Å²) in [7, 11) is 3.90. The molecule has 2 rings (SSSR count). The summed E-state index contributed by atoms with van der Waals surface area (Å²) in [5.74, 6) is 0.0189. The zero-order valence-electron chi connectivity index (χ0n) is 10.6. The van der Waals surface area contributed by atoms with E-state index in [0.717, 1.165) is 11.3 Å². The van der Waals surface area contributed by atoms with Crippen LogP contribution >= 0.6 is 46.4 Å². The minimum atomic E-state index is 0.0189. The molecule has 5 heteroatoms. The Labute approximate surface area is 133 Å². The molecule has 102 valence electrons. The van der Waals surface area contributed by atoms with Crippen LogP contribution in [0.4, 0.5) is 5.69 Å². The number of hydrogen-bond acceptors (Lipinski definition) is 1. The highest BCUT2D eigenvalue weighted by Gasteiger charge is 2.23. The van der Waals surface area contributed by atoms with Crippen molar-refractivity contribution in [1.29, 1.82) is 0 Å². The lowest BCUT2D eigenvalue weighted by Crippen LogP contribution is -2.10. The smallest absolute Gasteiger partial charge is 0.0642 e. The predicted octanol–water partition coefficient (Wildman–Crippen LogP) is 5.71. The van der Waals surface area contributed by atoms with Crippen molar-refractivity contribution < 1.29 is 0 Å². The van der Waals surface area contributed by atoms with Crippen molar-refractivity contribution in [3.63, 3.8) is 0 Å². The van der Waals surface area contributed by atoms with E-state index < -0.39 is 0 Å². The van der Waals surface area contributed by atoms with Crippen LogP contribution in [0, 0.1) is 0 Å². The molecular formula is C14H13Cl4N. The number of hydrogen-bond donors (Lipinski definition) is 0. The molecule has 0 aliphatic heterocycles. The molecule has 1 atom stereocenters. The Morgan fingerprint density at radius 2 is 1.79 bits per heavy atom. The van der Waals surface area contributed by atoms with E-state index in [4.69, 9.17) is 46.4 Å². The third-order valence-corrected chi connectivity index (χ3v) is 4.56. The monoisotopic (exact) mass is 335 g/mol. The van der Waals surface area contributed by atoms with Gasteiger partial charge in [-0.15, -0.1) is 0 Å². The molecule has 19 heavy (non-hydrogen) atoms. The predicted molar refractivity (Wildman–Crippen MR) is 85.8 cm³/mol. The third-order valence-electron chi connectivity index (χ3n) is 3.10. The van der Waals surface area contributed by atoms with Gasteiger partial charge in [0.05, 0.1) is 15.7 Å². The molecule has 1 aliphatic carbocycles. The average molecular weight is 337 g/mol. The fourth-order valence-corrected chi connectivity index (χ4v) is 3.18. The maximum absolute atomic E-state index is 6.28. The van der Waals surface area contributed by atoms with Crippen molar-refractivity contribution in [1.82, 2.24) is 0 Å². The molecule has 0 fully saturated rings. The minimum Gasteiger partial charge on any atom is -0.376 e. The molecule has 1 aliphatic rings. The Morgan fingerprint density at radius 1 is 1.11 bits per heavy atom. The Balaban J connectivity index is 2.35. The van der Waals surface area contributed by atoms with Crippen LogP contribution in [0.25, 0.3) is 0 Å². The van der Waals surface area contributed by atoms with E-state index in [-0.39, 0.29) is 5.92 Å². The van der Waals surface area contributed by atoms with E-state index >= 15 is 0 Å². The van der Waals surface area contributed by atoms with Crippen molar-refractivity contribution in [3.05, 3.63) is 50.0 Å².